The Morgan fingerprint density at radius 1 is 1.21 bits per heavy atom. The Labute approximate surface area is 81.4 Å². The standard InChI is InChI=1S/C7H14F3NO2S/c1-6(2,11)5-14(12,13)4-3-7(8,9)10/h3-5,11H2,1-2H3. The molecule has 0 heterocycles. The zero-order valence-electron chi connectivity index (χ0n) is 8.06. The van der Waals surface area contributed by atoms with Crippen LogP contribution in [0.25, 0.3) is 0 Å². The van der Waals surface area contributed by atoms with E-state index in [4.69, 9.17) is 5.73 Å². The summed E-state index contributed by atoms with van der Waals surface area (Å²) >= 11 is 0. The highest BCUT2D eigenvalue weighted by Gasteiger charge is 2.31. The van der Waals surface area contributed by atoms with Gasteiger partial charge in [-0.25, -0.2) is 8.42 Å². The van der Waals surface area contributed by atoms with Crippen molar-refractivity contribution in [3.63, 3.8) is 0 Å². The van der Waals surface area contributed by atoms with Crippen molar-refractivity contribution >= 4 is 9.84 Å². The fourth-order valence-corrected chi connectivity index (χ4v) is 2.73. The van der Waals surface area contributed by atoms with E-state index in [0.29, 0.717) is 0 Å². The molecule has 86 valence electrons. The van der Waals surface area contributed by atoms with E-state index in [9.17, 15) is 21.6 Å². The van der Waals surface area contributed by atoms with Gasteiger partial charge in [-0.2, -0.15) is 13.2 Å². The molecule has 2 N–H and O–H groups in total. The monoisotopic (exact) mass is 233 g/mol. The molecule has 0 spiro atoms. The summed E-state index contributed by atoms with van der Waals surface area (Å²) in [7, 11) is -3.72. The van der Waals surface area contributed by atoms with Crippen LogP contribution < -0.4 is 5.73 Å². The molecule has 0 amide bonds. The number of hydrogen-bond acceptors (Lipinski definition) is 3. The lowest BCUT2D eigenvalue weighted by molar-refractivity contribution is -0.129. The maximum Gasteiger partial charge on any atom is 0.390 e. The van der Waals surface area contributed by atoms with Gasteiger partial charge in [-0.1, -0.05) is 0 Å². The van der Waals surface area contributed by atoms with Crippen LogP contribution in [0.1, 0.15) is 20.3 Å². The summed E-state index contributed by atoms with van der Waals surface area (Å²) in [5, 5.41) is 0. The van der Waals surface area contributed by atoms with E-state index in [2.05, 4.69) is 0 Å². The van der Waals surface area contributed by atoms with Gasteiger partial charge in [0, 0.05) is 5.54 Å². The Kier molecular flexibility index (Phi) is 3.97. The minimum Gasteiger partial charge on any atom is -0.325 e. The average molecular weight is 233 g/mol. The fourth-order valence-electron chi connectivity index (χ4n) is 0.910. The molecule has 0 aliphatic carbocycles. The minimum atomic E-state index is -4.44. The zero-order chi connectivity index (χ0) is 11.6. The number of hydrogen-bond donors (Lipinski definition) is 1. The van der Waals surface area contributed by atoms with Crippen LogP contribution in [0.2, 0.25) is 0 Å². The summed E-state index contributed by atoms with van der Waals surface area (Å²) in [6.45, 7) is 2.91. The van der Waals surface area contributed by atoms with Gasteiger partial charge in [0.15, 0.2) is 9.84 Å². The molecule has 0 saturated heterocycles. The highest BCUT2D eigenvalue weighted by molar-refractivity contribution is 7.91. The van der Waals surface area contributed by atoms with E-state index in [1.807, 2.05) is 0 Å². The van der Waals surface area contributed by atoms with Gasteiger partial charge in [0.05, 0.1) is 17.9 Å². The maximum atomic E-state index is 11.7. The molecule has 0 aliphatic rings. The second-order valence-corrected chi connectivity index (χ2v) is 6.13. The van der Waals surface area contributed by atoms with Crippen molar-refractivity contribution in [1.29, 1.82) is 0 Å². The van der Waals surface area contributed by atoms with Crippen molar-refractivity contribution < 1.29 is 21.6 Å². The maximum absolute atomic E-state index is 11.7. The SMILES string of the molecule is CC(C)(N)CS(=O)(=O)CCC(F)(F)F. The van der Waals surface area contributed by atoms with Crippen LogP contribution in [0.5, 0.6) is 0 Å². The molecule has 0 unspecified atom stereocenters. The first-order chi connectivity index (χ1) is 5.91. The minimum absolute atomic E-state index is 0.434. The third-order valence-corrected chi connectivity index (χ3v) is 3.30. The molecule has 0 bridgehead atoms. The van der Waals surface area contributed by atoms with Gasteiger partial charge in [-0.05, 0) is 13.8 Å². The third-order valence-electron chi connectivity index (χ3n) is 1.29. The van der Waals surface area contributed by atoms with Crippen LogP contribution in [-0.2, 0) is 9.84 Å². The van der Waals surface area contributed by atoms with Crippen LogP contribution in [-0.4, -0.2) is 31.6 Å². The number of rotatable bonds is 4. The molecule has 0 rings (SSSR count). The number of alkyl halides is 3. The summed E-state index contributed by atoms with van der Waals surface area (Å²) in [4.78, 5) is 0. The Morgan fingerprint density at radius 2 is 1.64 bits per heavy atom. The van der Waals surface area contributed by atoms with E-state index in [-0.39, 0.29) is 0 Å². The van der Waals surface area contributed by atoms with E-state index >= 15 is 0 Å². The summed E-state index contributed by atoms with van der Waals surface area (Å²) in [5.41, 5.74) is 4.40. The molecule has 0 atom stereocenters. The van der Waals surface area contributed by atoms with Crippen LogP contribution >= 0.6 is 0 Å². The van der Waals surface area contributed by atoms with Crippen molar-refractivity contribution in [2.24, 2.45) is 5.73 Å². The second kappa shape index (κ2) is 4.06. The number of nitrogens with two attached hydrogens (primary N) is 1. The highest BCUT2D eigenvalue weighted by atomic mass is 32.2. The zero-order valence-corrected chi connectivity index (χ0v) is 8.87. The molecule has 14 heavy (non-hydrogen) atoms. The molecular weight excluding hydrogens is 219 g/mol. The second-order valence-electron chi connectivity index (χ2n) is 3.95. The summed E-state index contributed by atoms with van der Waals surface area (Å²) in [5.74, 6) is -1.33. The van der Waals surface area contributed by atoms with Crippen molar-refractivity contribution in [1.82, 2.24) is 0 Å². The van der Waals surface area contributed by atoms with E-state index in [1.165, 1.54) is 13.8 Å². The molecule has 0 aromatic carbocycles. The predicted octanol–water partition coefficient (Wildman–Crippen LogP) is 1.09. The molecule has 0 saturated carbocycles. The van der Waals surface area contributed by atoms with Gasteiger partial charge in [-0.15, -0.1) is 0 Å². The molecule has 0 fully saturated rings. The van der Waals surface area contributed by atoms with Crippen LogP contribution in [0.3, 0.4) is 0 Å². The molecule has 0 aromatic heterocycles. The van der Waals surface area contributed by atoms with Crippen molar-refractivity contribution in [2.75, 3.05) is 11.5 Å². The molecular formula is C7H14F3NO2S. The Hall–Kier alpha value is -0.300. The Bertz CT molecular complexity index is 276. The van der Waals surface area contributed by atoms with Gasteiger partial charge < -0.3 is 5.73 Å². The lowest BCUT2D eigenvalue weighted by Gasteiger charge is -2.18. The van der Waals surface area contributed by atoms with Crippen molar-refractivity contribution in [2.45, 2.75) is 32.0 Å². The number of halogens is 3. The van der Waals surface area contributed by atoms with Gasteiger partial charge >= 0.3 is 6.18 Å². The Morgan fingerprint density at radius 3 is 1.93 bits per heavy atom. The summed E-state index contributed by atoms with van der Waals surface area (Å²) in [6.07, 6.45) is -5.75. The quantitative estimate of drug-likeness (QED) is 0.790. The largest absolute Gasteiger partial charge is 0.390 e. The fraction of sp³-hybridized carbons (Fsp3) is 1.00. The molecule has 3 nitrogen and oxygen atoms in total. The van der Waals surface area contributed by atoms with Gasteiger partial charge in [0.2, 0.25) is 0 Å². The predicted molar refractivity (Wildman–Crippen MR) is 47.6 cm³/mol. The number of sulfone groups is 1. The lowest BCUT2D eigenvalue weighted by Crippen LogP contribution is -2.41. The highest BCUT2D eigenvalue weighted by Crippen LogP contribution is 2.20. The van der Waals surface area contributed by atoms with Crippen molar-refractivity contribution in [3.8, 4) is 0 Å². The summed E-state index contributed by atoms with van der Waals surface area (Å²) < 4.78 is 57.4. The lowest BCUT2D eigenvalue weighted by atomic mass is 10.1. The van der Waals surface area contributed by atoms with E-state index < -0.39 is 39.5 Å². The molecule has 0 radical (unpaired) electrons. The molecule has 7 heteroatoms. The van der Waals surface area contributed by atoms with E-state index in [1.54, 1.807) is 0 Å². The van der Waals surface area contributed by atoms with Gasteiger partial charge in [0.25, 0.3) is 0 Å². The smallest absolute Gasteiger partial charge is 0.325 e. The van der Waals surface area contributed by atoms with E-state index in [0.717, 1.165) is 0 Å². The normalized spacial score (nSPS) is 14.4. The van der Waals surface area contributed by atoms with Crippen molar-refractivity contribution in [3.05, 3.63) is 0 Å². The molecule has 0 aromatic rings. The molecule has 0 aliphatic heterocycles. The Balaban J connectivity index is 4.25. The van der Waals surface area contributed by atoms with Crippen LogP contribution in [0.15, 0.2) is 0 Å². The summed E-state index contributed by atoms with van der Waals surface area (Å²) in [6, 6.07) is 0. The first-order valence-electron chi connectivity index (χ1n) is 3.97. The third kappa shape index (κ3) is 8.31. The van der Waals surface area contributed by atoms with Crippen LogP contribution in [0.4, 0.5) is 13.2 Å². The average Bonchev–Trinajstić information content (AvgIpc) is 1.76. The van der Waals surface area contributed by atoms with Gasteiger partial charge in [-0.3, -0.25) is 0 Å². The first-order valence-corrected chi connectivity index (χ1v) is 5.79. The van der Waals surface area contributed by atoms with Gasteiger partial charge in [0.1, 0.15) is 0 Å². The van der Waals surface area contributed by atoms with Crippen LogP contribution in [0, 0.1) is 0 Å². The topological polar surface area (TPSA) is 60.2 Å². The first kappa shape index (κ1) is 13.7.